The largest absolute Gasteiger partial charge is 0.418 e. The molecule has 13 rings (SSSR count). The van der Waals surface area contributed by atoms with Gasteiger partial charge in [-0.25, -0.2) is 0 Å². The van der Waals surface area contributed by atoms with Crippen molar-refractivity contribution in [3.8, 4) is 33.4 Å². The molecule has 0 atom stereocenters. The van der Waals surface area contributed by atoms with Crippen molar-refractivity contribution < 1.29 is 13.2 Å². The first-order valence-electron chi connectivity index (χ1n) is 26.2. The van der Waals surface area contributed by atoms with Crippen molar-refractivity contribution in [3.63, 3.8) is 0 Å². The van der Waals surface area contributed by atoms with Gasteiger partial charge in [0.05, 0.1) is 16.9 Å². The number of hydrogen-bond donors (Lipinski definition) is 0. The van der Waals surface area contributed by atoms with Gasteiger partial charge in [-0.2, -0.15) is 13.2 Å². The van der Waals surface area contributed by atoms with Gasteiger partial charge in [0.25, 0.3) is 6.71 Å². The van der Waals surface area contributed by atoms with E-state index < -0.39 is 11.7 Å². The van der Waals surface area contributed by atoms with Crippen molar-refractivity contribution in [2.75, 3.05) is 9.80 Å². The Morgan fingerprint density at radius 1 is 0.387 bits per heavy atom. The molecular weight excluding hydrogens is 943 g/mol. The molecule has 0 unspecified atom stereocenters. The first-order valence-corrected chi connectivity index (χ1v) is 27.0. The van der Waals surface area contributed by atoms with Crippen molar-refractivity contribution in [3.05, 3.63) is 204 Å². The van der Waals surface area contributed by atoms with E-state index in [9.17, 15) is 0 Å². The van der Waals surface area contributed by atoms with Crippen LogP contribution in [0.5, 0.6) is 0 Å². The molecule has 0 radical (unpaired) electrons. The lowest BCUT2D eigenvalue weighted by Crippen LogP contribution is -2.68. The SMILES string of the molecule is CC(C)(C)c1ccc2c(c1)B1c3ccccc3Sc3c1c1c4c(c3-c3c(-c5ccccc5)cccc3-c3ccccc3)N(c3ccccc3C(F)(F)F)c3ccc(C(C)(C)C)cc3B4c3cc(C(C)(C)C)ccc3N21. The molecule has 0 saturated carbocycles. The summed E-state index contributed by atoms with van der Waals surface area (Å²) in [6.45, 7) is 19.8. The van der Waals surface area contributed by atoms with Crippen LogP contribution in [0.4, 0.5) is 47.3 Å². The van der Waals surface area contributed by atoms with E-state index in [1.165, 1.54) is 39.6 Å². The number of hydrogen-bond acceptors (Lipinski definition) is 3. The normalized spacial score (nSPS) is 14.2. The molecule has 4 aliphatic rings. The molecule has 0 amide bonds. The van der Waals surface area contributed by atoms with Crippen molar-refractivity contribution in [2.24, 2.45) is 0 Å². The fourth-order valence-corrected chi connectivity index (χ4v) is 13.8. The summed E-state index contributed by atoms with van der Waals surface area (Å²) < 4.78 is 48.5. The zero-order valence-electron chi connectivity index (χ0n) is 43.9. The Morgan fingerprint density at radius 2 is 0.827 bits per heavy atom. The van der Waals surface area contributed by atoms with Gasteiger partial charge >= 0.3 is 6.18 Å². The Morgan fingerprint density at radius 3 is 1.32 bits per heavy atom. The Bertz CT molecular complexity index is 3770. The highest BCUT2D eigenvalue weighted by molar-refractivity contribution is 8.00. The van der Waals surface area contributed by atoms with Crippen LogP contribution in [0.15, 0.2) is 192 Å². The van der Waals surface area contributed by atoms with Crippen LogP contribution in [0.2, 0.25) is 0 Å². The van der Waals surface area contributed by atoms with E-state index in [0.29, 0.717) is 0 Å². The zero-order valence-corrected chi connectivity index (χ0v) is 44.7. The fourth-order valence-electron chi connectivity index (χ4n) is 12.5. The summed E-state index contributed by atoms with van der Waals surface area (Å²) in [7, 11) is 0. The summed E-state index contributed by atoms with van der Waals surface area (Å²) in [4.78, 5) is 6.74. The van der Waals surface area contributed by atoms with Crippen molar-refractivity contribution in [1.29, 1.82) is 0 Å². The van der Waals surface area contributed by atoms with Crippen molar-refractivity contribution in [2.45, 2.75) is 94.5 Å². The summed E-state index contributed by atoms with van der Waals surface area (Å²) in [5, 5.41) is 0. The van der Waals surface area contributed by atoms with Crippen LogP contribution in [0.3, 0.4) is 0 Å². The number of nitrogens with zero attached hydrogens (tertiary/aromatic N) is 2. The topological polar surface area (TPSA) is 6.48 Å². The average Bonchev–Trinajstić information content (AvgIpc) is 3.39. The third-order valence-corrected chi connectivity index (χ3v) is 17.4. The Hall–Kier alpha value is -7.15. The molecule has 0 bridgehead atoms. The van der Waals surface area contributed by atoms with Crippen LogP contribution in [0.1, 0.15) is 84.6 Å². The first kappa shape index (κ1) is 47.6. The van der Waals surface area contributed by atoms with Crippen LogP contribution in [-0.4, -0.2) is 13.4 Å². The maximum atomic E-state index is 16.2. The summed E-state index contributed by atoms with van der Waals surface area (Å²) >= 11 is 1.77. The number of fused-ring (bicyclic) bond motifs is 10. The first-order chi connectivity index (χ1) is 35.8. The maximum Gasteiger partial charge on any atom is 0.418 e. The smallest absolute Gasteiger partial charge is 0.312 e. The predicted molar refractivity (Wildman–Crippen MR) is 313 cm³/mol. The molecule has 368 valence electrons. The quantitative estimate of drug-likeness (QED) is 0.162. The molecule has 75 heavy (non-hydrogen) atoms. The van der Waals surface area contributed by atoms with Gasteiger partial charge in [0.15, 0.2) is 0 Å². The lowest BCUT2D eigenvalue weighted by atomic mass is 9.29. The second-order valence-electron chi connectivity index (χ2n) is 24.0. The molecule has 8 heteroatoms. The maximum absolute atomic E-state index is 16.2. The number of alkyl halides is 3. The lowest BCUT2D eigenvalue weighted by molar-refractivity contribution is -0.137. The monoisotopic (exact) mass is 1000 g/mol. The van der Waals surface area contributed by atoms with Crippen LogP contribution in [0, 0.1) is 0 Å². The van der Waals surface area contributed by atoms with Gasteiger partial charge < -0.3 is 9.80 Å². The summed E-state index contributed by atoms with van der Waals surface area (Å²) in [6, 6.07) is 63.4. The molecule has 2 nitrogen and oxygen atoms in total. The Balaban J connectivity index is 1.32. The molecule has 0 saturated heterocycles. The standard InChI is InChI=1S/C67H57B2F3N2S/c1-64(2,3)42-32-35-54-49(37-42)68-48-28-17-19-30-56(48)75-63-58(57-45(40-21-12-10-13-22-40)25-20-26-46(57)41-23-14-11-15-24-41)61-59-62(60(63)68)74(54)55-36-33-44(66(7,8)9)39-51(55)69(59)50-38-43(65(4,5)6)31-34-53(50)73(61)52-29-18-16-27-47(52)67(70,71)72/h10-39H,1-9H3. The minimum absolute atomic E-state index is 0.0980. The second-order valence-corrected chi connectivity index (χ2v) is 25.0. The summed E-state index contributed by atoms with van der Waals surface area (Å²) in [5.41, 5.74) is 20.0. The van der Waals surface area contributed by atoms with Gasteiger partial charge in [-0.1, -0.05) is 225 Å². The number of rotatable bonds is 4. The molecule has 0 aliphatic carbocycles. The molecule has 4 aliphatic heterocycles. The van der Waals surface area contributed by atoms with Crippen LogP contribution in [-0.2, 0) is 22.4 Å². The summed E-state index contributed by atoms with van der Waals surface area (Å²) in [6.07, 6.45) is -4.67. The minimum atomic E-state index is -4.67. The molecule has 0 spiro atoms. The molecule has 0 aromatic heterocycles. The Labute approximate surface area is 444 Å². The molecular formula is C67H57B2F3N2S. The lowest BCUT2D eigenvalue weighted by Gasteiger charge is -2.51. The van der Waals surface area contributed by atoms with Gasteiger partial charge in [-0.3, -0.25) is 0 Å². The van der Waals surface area contributed by atoms with E-state index in [-0.39, 0.29) is 35.4 Å². The van der Waals surface area contributed by atoms with Crippen LogP contribution >= 0.6 is 11.8 Å². The van der Waals surface area contributed by atoms with Gasteiger partial charge in [-0.15, -0.1) is 0 Å². The van der Waals surface area contributed by atoms with E-state index in [1.807, 2.05) is 17.0 Å². The van der Waals surface area contributed by atoms with Crippen molar-refractivity contribution in [1.82, 2.24) is 0 Å². The van der Waals surface area contributed by atoms with Crippen molar-refractivity contribution >= 4 is 92.1 Å². The zero-order chi connectivity index (χ0) is 52.1. The van der Waals surface area contributed by atoms with Gasteiger partial charge in [-0.05, 0) is 119 Å². The molecule has 0 N–H and O–H groups in total. The minimum Gasteiger partial charge on any atom is -0.312 e. The highest BCUT2D eigenvalue weighted by atomic mass is 32.2. The summed E-state index contributed by atoms with van der Waals surface area (Å²) in [5.74, 6) is 0. The van der Waals surface area contributed by atoms with E-state index >= 15 is 13.2 Å². The van der Waals surface area contributed by atoms with E-state index in [2.05, 4.69) is 213 Å². The van der Waals surface area contributed by atoms with E-state index in [4.69, 9.17) is 0 Å². The molecule has 0 fully saturated rings. The molecule has 9 aromatic rings. The van der Waals surface area contributed by atoms with Crippen LogP contribution < -0.4 is 42.6 Å². The molecule has 4 heterocycles. The van der Waals surface area contributed by atoms with E-state index in [1.54, 1.807) is 23.9 Å². The number of para-hydroxylation sites is 1. The van der Waals surface area contributed by atoms with Gasteiger partial charge in [0.1, 0.15) is 0 Å². The van der Waals surface area contributed by atoms with Gasteiger partial charge in [0.2, 0.25) is 6.71 Å². The number of halogens is 3. The number of anilines is 6. The highest BCUT2D eigenvalue weighted by Gasteiger charge is 2.53. The van der Waals surface area contributed by atoms with Gasteiger partial charge in [0, 0.05) is 43.7 Å². The Kier molecular flexibility index (Phi) is 10.6. The van der Waals surface area contributed by atoms with E-state index in [0.717, 1.165) is 93.6 Å². The second kappa shape index (κ2) is 16.7. The average molecular weight is 1000 g/mol. The highest BCUT2D eigenvalue weighted by Crippen LogP contribution is 2.57. The third kappa shape index (κ3) is 7.33. The third-order valence-electron chi connectivity index (χ3n) is 16.2. The predicted octanol–water partition coefficient (Wildman–Crippen LogP) is 15.0. The van der Waals surface area contributed by atoms with Crippen LogP contribution in [0.25, 0.3) is 33.4 Å². The molecule has 9 aromatic carbocycles. The fraction of sp³-hybridized carbons (Fsp3) is 0.194. The number of benzene rings is 9.